The summed E-state index contributed by atoms with van der Waals surface area (Å²) >= 11 is 0. The van der Waals surface area contributed by atoms with Gasteiger partial charge in [-0.2, -0.15) is 0 Å². The molecule has 1 aliphatic heterocycles. The van der Waals surface area contributed by atoms with Gasteiger partial charge >= 0.3 is 0 Å². The van der Waals surface area contributed by atoms with E-state index in [1.807, 2.05) is 44.7 Å². The predicted octanol–water partition coefficient (Wildman–Crippen LogP) is 3.16. The second-order valence-corrected chi connectivity index (χ2v) is 5.98. The van der Waals surface area contributed by atoms with Crippen LogP contribution < -0.4 is 0 Å². The molecule has 0 aliphatic carbocycles. The monoisotopic (exact) mass is 303 g/mol. The molecular weight excluding hydrogens is 278 g/mol. The number of ether oxygens (including phenoxy) is 1. The summed E-state index contributed by atoms with van der Waals surface area (Å²) in [5.41, 5.74) is 1.41. The molecule has 120 valence electrons. The molecule has 5 nitrogen and oxygen atoms in total. The van der Waals surface area contributed by atoms with Crippen molar-refractivity contribution in [1.29, 1.82) is 0 Å². The zero-order chi connectivity index (χ0) is 16.2. The molecule has 0 saturated carbocycles. The fourth-order valence-electron chi connectivity index (χ4n) is 2.68. The van der Waals surface area contributed by atoms with Gasteiger partial charge in [0.2, 0.25) is 5.91 Å². The zero-order valence-corrected chi connectivity index (χ0v) is 13.8. The number of carbonyl (C=O) groups is 1. The van der Waals surface area contributed by atoms with Crippen molar-refractivity contribution >= 4 is 5.91 Å². The molecule has 1 aromatic rings. The van der Waals surface area contributed by atoms with Crippen LogP contribution in [0.3, 0.4) is 0 Å². The Morgan fingerprint density at radius 2 is 2.32 bits per heavy atom. The van der Waals surface area contributed by atoms with Gasteiger partial charge in [0.15, 0.2) is 0 Å². The summed E-state index contributed by atoms with van der Waals surface area (Å²) in [6, 6.07) is 0. The van der Waals surface area contributed by atoms with Crippen LogP contribution in [-0.2, 0) is 22.5 Å². The van der Waals surface area contributed by atoms with Gasteiger partial charge in [0.05, 0.1) is 30.5 Å². The van der Waals surface area contributed by atoms with Crippen LogP contribution in [0.15, 0.2) is 30.5 Å². The van der Waals surface area contributed by atoms with E-state index in [0.29, 0.717) is 18.8 Å². The van der Waals surface area contributed by atoms with Gasteiger partial charge in [0.1, 0.15) is 11.2 Å². The van der Waals surface area contributed by atoms with E-state index in [9.17, 15) is 4.79 Å². The first kappa shape index (κ1) is 16.3. The molecule has 0 aromatic carbocycles. The third-order valence-corrected chi connectivity index (χ3v) is 4.00. The van der Waals surface area contributed by atoms with Crippen molar-refractivity contribution in [2.75, 3.05) is 6.54 Å². The Bertz CT molecular complexity index is 584. The molecule has 0 unspecified atom stereocenters. The molecule has 0 spiro atoms. The fourth-order valence-corrected chi connectivity index (χ4v) is 2.68. The molecule has 0 atom stereocenters. The van der Waals surface area contributed by atoms with Crippen LogP contribution in [0, 0.1) is 5.41 Å². The lowest BCUT2D eigenvalue weighted by atomic mass is 9.88. The lowest BCUT2D eigenvalue weighted by Gasteiger charge is -2.34. The summed E-state index contributed by atoms with van der Waals surface area (Å²) in [6.45, 7) is 9.04. The average Bonchev–Trinajstić information content (AvgIpc) is 2.98. The molecule has 2 rings (SSSR count). The lowest BCUT2D eigenvalue weighted by Crippen LogP contribution is -2.44. The van der Waals surface area contributed by atoms with Gasteiger partial charge in [-0.1, -0.05) is 6.92 Å². The summed E-state index contributed by atoms with van der Waals surface area (Å²) in [6.07, 6.45) is 8.85. The van der Waals surface area contributed by atoms with E-state index >= 15 is 0 Å². The molecular formula is C17H25N3O2. The third kappa shape index (κ3) is 3.24. The van der Waals surface area contributed by atoms with Crippen LogP contribution >= 0.6 is 0 Å². The highest BCUT2D eigenvalue weighted by Gasteiger charge is 2.38. The van der Waals surface area contributed by atoms with Gasteiger partial charge in [-0.3, -0.25) is 4.79 Å². The summed E-state index contributed by atoms with van der Waals surface area (Å²) in [5, 5.41) is 0. The number of allylic oxidation sites excluding steroid dienone is 2. The number of aromatic nitrogens is 2. The van der Waals surface area contributed by atoms with E-state index in [1.165, 1.54) is 0 Å². The van der Waals surface area contributed by atoms with E-state index in [4.69, 9.17) is 4.74 Å². The highest BCUT2D eigenvalue weighted by atomic mass is 16.5. The maximum Gasteiger partial charge on any atom is 0.236 e. The Hall–Kier alpha value is -2.04. The van der Waals surface area contributed by atoms with E-state index in [-0.39, 0.29) is 5.91 Å². The molecule has 0 fully saturated rings. The van der Waals surface area contributed by atoms with Gasteiger partial charge in [-0.25, -0.2) is 4.98 Å². The molecule has 1 aromatic heterocycles. The van der Waals surface area contributed by atoms with Gasteiger partial charge in [-0.15, -0.1) is 0 Å². The van der Waals surface area contributed by atoms with Crippen molar-refractivity contribution in [3.05, 3.63) is 41.9 Å². The Morgan fingerprint density at radius 1 is 1.55 bits per heavy atom. The number of rotatable bonds is 5. The smallest absolute Gasteiger partial charge is 0.236 e. The Kier molecular flexibility index (Phi) is 5.06. The topological polar surface area (TPSA) is 58.2 Å². The predicted molar refractivity (Wildman–Crippen MR) is 85.8 cm³/mol. The number of hydrogen-bond acceptors (Lipinski definition) is 3. The minimum Gasteiger partial charge on any atom is -0.469 e. The van der Waals surface area contributed by atoms with Gasteiger partial charge in [0, 0.05) is 13.0 Å². The summed E-state index contributed by atoms with van der Waals surface area (Å²) in [5.74, 6) is 0.753. The first-order valence-electron chi connectivity index (χ1n) is 7.79. The molecule has 5 heteroatoms. The number of nitrogens with zero attached hydrogens (tertiary/aromatic N) is 2. The van der Waals surface area contributed by atoms with Crippen molar-refractivity contribution in [3.8, 4) is 0 Å². The van der Waals surface area contributed by atoms with Crippen LogP contribution in [-0.4, -0.2) is 27.3 Å². The molecule has 2 heterocycles. The van der Waals surface area contributed by atoms with Gasteiger partial charge < -0.3 is 14.6 Å². The number of amides is 1. The second-order valence-electron chi connectivity index (χ2n) is 5.98. The van der Waals surface area contributed by atoms with Gasteiger partial charge in [-0.05, 0) is 39.3 Å². The number of hydrogen-bond donors (Lipinski definition) is 1. The molecule has 0 radical (unpaired) electrons. The van der Waals surface area contributed by atoms with Crippen LogP contribution in [0.5, 0.6) is 0 Å². The van der Waals surface area contributed by atoms with Crippen LogP contribution in [0.25, 0.3) is 0 Å². The first-order chi connectivity index (χ1) is 10.5. The van der Waals surface area contributed by atoms with Crippen molar-refractivity contribution in [2.24, 2.45) is 5.41 Å². The minimum atomic E-state index is -0.690. The van der Waals surface area contributed by atoms with E-state index in [2.05, 4.69) is 9.97 Å². The molecule has 22 heavy (non-hydrogen) atoms. The molecule has 1 N–H and O–H groups in total. The maximum absolute atomic E-state index is 12.9. The molecule has 0 bridgehead atoms. The SMILES string of the molecule is C/C=C(\O/C=C/CC)C(C)(C)C(=O)N1CCc2nc[nH]c2C1. The van der Waals surface area contributed by atoms with Crippen molar-refractivity contribution in [1.82, 2.24) is 14.9 Å². The number of fused-ring (bicyclic) bond motifs is 1. The molecule has 0 saturated heterocycles. The van der Waals surface area contributed by atoms with Gasteiger partial charge in [0.25, 0.3) is 0 Å². The Balaban J connectivity index is 2.11. The van der Waals surface area contributed by atoms with Crippen molar-refractivity contribution < 1.29 is 9.53 Å². The number of imidazole rings is 1. The quantitative estimate of drug-likeness (QED) is 0.850. The van der Waals surface area contributed by atoms with E-state index in [1.54, 1.807) is 12.6 Å². The maximum atomic E-state index is 12.9. The summed E-state index contributed by atoms with van der Waals surface area (Å²) in [4.78, 5) is 22.2. The number of H-pyrrole nitrogens is 1. The fraction of sp³-hybridized carbons (Fsp3) is 0.529. The second kappa shape index (κ2) is 6.81. The standard InChI is InChI=1S/C17H25N3O2/c1-5-7-10-22-15(6-2)17(3,4)16(21)20-9-8-13-14(11-20)19-12-18-13/h6-7,10,12H,5,8-9,11H2,1-4H3,(H,18,19)/b10-7+,15-6-. The lowest BCUT2D eigenvalue weighted by molar-refractivity contribution is -0.140. The van der Waals surface area contributed by atoms with E-state index in [0.717, 1.165) is 24.2 Å². The molecule has 1 amide bonds. The number of nitrogens with one attached hydrogen (secondary N) is 1. The number of carbonyl (C=O) groups excluding carboxylic acids is 1. The van der Waals surface area contributed by atoms with Crippen LogP contribution in [0.2, 0.25) is 0 Å². The highest BCUT2D eigenvalue weighted by molar-refractivity contribution is 5.84. The minimum absolute atomic E-state index is 0.0748. The van der Waals surface area contributed by atoms with Crippen molar-refractivity contribution in [3.63, 3.8) is 0 Å². The summed E-state index contributed by atoms with van der Waals surface area (Å²) in [7, 11) is 0. The zero-order valence-electron chi connectivity index (χ0n) is 13.8. The average molecular weight is 303 g/mol. The van der Waals surface area contributed by atoms with Crippen molar-refractivity contribution in [2.45, 2.75) is 47.1 Å². The van der Waals surface area contributed by atoms with Crippen LogP contribution in [0.1, 0.15) is 45.5 Å². The Morgan fingerprint density at radius 3 is 3.00 bits per heavy atom. The van der Waals surface area contributed by atoms with E-state index < -0.39 is 5.41 Å². The summed E-state index contributed by atoms with van der Waals surface area (Å²) < 4.78 is 5.68. The highest BCUT2D eigenvalue weighted by Crippen LogP contribution is 2.31. The Labute approximate surface area is 132 Å². The first-order valence-corrected chi connectivity index (χ1v) is 7.79. The largest absolute Gasteiger partial charge is 0.469 e. The third-order valence-electron chi connectivity index (χ3n) is 4.00. The number of aromatic amines is 1. The normalized spacial score (nSPS) is 16.0. The van der Waals surface area contributed by atoms with Crippen LogP contribution in [0.4, 0.5) is 0 Å². The molecule has 1 aliphatic rings.